The molecule has 0 fully saturated rings. The summed E-state index contributed by atoms with van der Waals surface area (Å²) in [6.45, 7) is 0. The lowest BCUT2D eigenvalue weighted by atomic mass is 10.1. The van der Waals surface area contributed by atoms with E-state index in [1.807, 2.05) is 0 Å². The number of hydrogen-bond acceptors (Lipinski definition) is 7. The van der Waals surface area contributed by atoms with E-state index < -0.39 is 28.9 Å². The molecule has 3 N–H and O–H groups in total. The van der Waals surface area contributed by atoms with Crippen molar-refractivity contribution in [1.29, 1.82) is 0 Å². The molecule has 2 aromatic carbocycles. The van der Waals surface area contributed by atoms with E-state index in [1.165, 1.54) is 12.3 Å². The van der Waals surface area contributed by atoms with Gasteiger partial charge in [-0.3, -0.25) is 14.6 Å². The summed E-state index contributed by atoms with van der Waals surface area (Å²) in [5.74, 6) is -1.29. The number of benzene rings is 2. The van der Waals surface area contributed by atoms with Crippen molar-refractivity contribution < 1.29 is 24.2 Å². The first-order valence-corrected chi connectivity index (χ1v) is 9.64. The smallest absolute Gasteiger partial charge is 0.343 e. The third-order valence-electron chi connectivity index (χ3n) is 4.54. The fourth-order valence-electron chi connectivity index (χ4n) is 2.98. The van der Waals surface area contributed by atoms with Gasteiger partial charge in [0.1, 0.15) is 11.5 Å². The summed E-state index contributed by atoms with van der Waals surface area (Å²) in [5.41, 5.74) is 0.682. The maximum Gasteiger partial charge on any atom is 0.343 e. The van der Waals surface area contributed by atoms with Crippen LogP contribution in [0.1, 0.15) is 20.7 Å². The van der Waals surface area contributed by atoms with Gasteiger partial charge in [-0.15, -0.1) is 0 Å². The number of aromatic amines is 2. The van der Waals surface area contributed by atoms with Crippen molar-refractivity contribution in [3.63, 3.8) is 0 Å². The lowest BCUT2D eigenvalue weighted by Gasteiger charge is -2.08. The van der Waals surface area contributed by atoms with Gasteiger partial charge in [-0.05, 0) is 41.5 Å². The highest BCUT2D eigenvalue weighted by atomic mass is 16.5. The molecule has 0 saturated carbocycles. The van der Waals surface area contributed by atoms with Gasteiger partial charge in [0.25, 0.3) is 5.56 Å². The van der Waals surface area contributed by atoms with Gasteiger partial charge < -0.3 is 19.6 Å². The molecule has 33 heavy (non-hydrogen) atoms. The number of pyridine rings is 2. The molecule has 4 aromatic rings. The minimum atomic E-state index is -0.782. The average molecular weight is 444 g/mol. The van der Waals surface area contributed by atoms with Gasteiger partial charge in [-0.2, -0.15) is 0 Å². The summed E-state index contributed by atoms with van der Waals surface area (Å²) >= 11 is 0. The van der Waals surface area contributed by atoms with Crippen molar-refractivity contribution in [3.05, 3.63) is 111 Å². The number of ether oxygens (including phenoxy) is 2. The van der Waals surface area contributed by atoms with Gasteiger partial charge >= 0.3 is 11.9 Å². The topological polar surface area (TPSA) is 139 Å². The second kappa shape index (κ2) is 9.06. The average Bonchev–Trinajstić information content (AvgIpc) is 2.79. The summed E-state index contributed by atoms with van der Waals surface area (Å²) in [7, 11) is 0. The Morgan fingerprint density at radius 3 is 1.70 bits per heavy atom. The van der Waals surface area contributed by atoms with Crippen LogP contribution in [0.15, 0.2) is 88.6 Å². The van der Waals surface area contributed by atoms with Crippen molar-refractivity contribution in [2.75, 3.05) is 0 Å². The van der Waals surface area contributed by atoms with E-state index >= 15 is 0 Å². The van der Waals surface area contributed by atoms with Crippen LogP contribution in [0.3, 0.4) is 0 Å². The van der Waals surface area contributed by atoms with E-state index in [-0.39, 0.29) is 16.9 Å². The zero-order chi connectivity index (χ0) is 23.4. The van der Waals surface area contributed by atoms with Crippen molar-refractivity contribution in [1.82, 2.24) is 9.97 Å². The van der Waals surface area contributed by atoms with Crippen molar-refractivity contribution >= 4 is 11.9 Å². The van der Waals surface area contributed by atoms with Crippen molar-refractivity contribution in [2.45, 2.75) is 0 Å². The molecule has 4 rings (SSSR count). The first kappa shape index (κ1) is 21.3. The van der Waals surface area contributed by atoms with Gasteiger partial charge in [-0.25, -0.2) is 9.59 Å². The Bertz CT molecular complexity index is 1440. The fraction of sp³-hybridized carbons (Fsp3) is 0. The largest absolute Gasteiger partial charge is 0.494 e. The Labute approximate surface area is 185 Å². The van der Waals surface area contributed by atoms with Crippen LogP contribution in [0, 0.1) is 0 Å². The van der Waals surface area contributed by atoms with Gasteiger partial charge in [0.2, 0.25) is 5.56 Å². The zero-order valence-corrected chi connectivity index (χ0v) is 16.9. The molecule has 0 saturated heterocycles. The quantitative estimate of drug-likeness (QED) is 0.318. The molecule has 0 radical (unpaired) electrons. The maximum absolute atomic E-state index is 12.2. The number of rotatable bonds is 5. The van der Waals surface area contributed by atoms with E-state index in [0.29, 0.717) is 5.75 Å². The second-order valence-electron chi connectivity index (χ2n) is 6.89. The summed E-state index contributed by atoms with van der Waals surface area (Å²) in [4.78, 5) is 51.6. The van der Waals surface area contributed by atoms with Crippen LogP contribution < -0.4 is 20.6 Å². The van der Waals surface area contributed by atoms with Crippen LogP contribution in [-0.2, 0) is 0 Å². The minimum Gasteiger partial charge on any atom is -0.494 e. The molecular formula is C24H16N2O7. The van der Waals surface area contributed by atoms with Crippen LogP contribution in [0.25, 0.3) is 11.1 Å². The summed E-state index contributed by atoms with van der Waals surface area (Å²) in [6, 6.07) is 18.1. The molecule has 2 aromatic heterocycles. The normalized spacial score (nSPS) is 10.4. The molecule has 0 amide bonds. The van der Waals surface area contributed by atoms with Crippen LogP contribution >= 0.6 is 0 Å². The summed E-state index contributed by atoms with van der Waals surface area (Å²) in [6.07, 6.45) is 1.37. The van der Waals surface area contributed by atoms with E-state index in [0.717, 1.165) is 29.3 Å². The molecule has 0 spiro atoms. The SMILES string of the molecule is O=C(Oc1ccc(-c2ccc(OC(=O)c3cc(O)[nH]c(=O)c3)cc2)cc1)c1cc[nH]c(=O)c1. The van der Waals surface area contributed by atoms with Crippen molar-refractivity contribution in [2.24, 2.45) is 0 Å². The van der Waals surface area contributed by atoms with E-state index in [1.54, 1.807) is 48.5 Å². The van der Waals surface area contributed by atoms with Gasteiger partial charge in [0, 0.05) is 24.4 Å². The Hall–Kier alpha value is -4.92. The monoisotopic (exact) mass is 444 g/mol. The molecule has 0 unspecified atom stereocenters. The summed E-state index contributed by atoms with van der Waals surface area (Å²) < 4.78 is 10.5. The number of nitrogens with one attached hydrogen (secondary N) is 2. The highest BCUT2D eigenvalue weighted by Crippen LogP contribution is 2.25. The third-order valence-corrected chi connectivity index (χ3v) is 4.54. The number of aromatic hydroxyl groups is 1. The Morgan fingerprint density at radius 1 is 0.667 bits per heavy atom. The van der Waals surface area contributed by atoms with Crippen molar-refractivity contribution in [3.8, 4) is 28.5 Å². The Morgan fingerprint density at radius 2 is 1.18 bits per heavy atom. The Kier molecular flexibility index (Phi) is 5.85. The number of esters is 2. The van der Waals surface area contributed by atoms with Gasteiger partial charge in [-0.1, -0.05) is 24.3 Å². The standard InChI is InChI=1S/C24H16N2O7/c27-20-11-16(9-10-25-20)23(30)32-18-5-1-14(2-6-18)15-3-7-19(8-4-15)33-24(31)17-12-21(28)26-22(29)13-17/h1-13H,(H,25,27)(H2,26,28,29). The van der Waals surface area contributed by atoms with Crippen LogP contribution in [-0.4, -0.2) is 27.0 Å². The molecular weight excluding hydrogens is 428 g/mol. The molecule has 9 nitrogen and oxygen atoms in total. The molecule has 9 heteroatoms. The molecule has 0 aliphatic heterocycles. The highest BCUT2D eigenvalue weighted by molar-refractivity contribution is 5.91. The van der Waals surface area contributed by atoms with Crippen LogP contribution in [0.5, 0.6) is 17.4 Å². The zero-order valence-electron chi connectivity index (χ0n) is 16.9. The molecule has 164 valence electrons. The first-order valence-electron chi connectivity index (χ1n) is 9.64. The van der Waals surface area contributed by atoms with E-state index in [2.05, 4.69) is 9.97 Å². The number of carbonyl (C=O) groups is 2. The molecule has 2 heterocycles. The predicted octanol–water partition coefficient (Wildman–Crippen LogP) is 2.87. The van der Waals surface area contributed by atoms with Gasteiger partial charge in [0.05, 0.1) is 11.1 Å². The number of hydrogen-bond donors (Lipinski definition) is 3. The van der Waals surface area contributed by atoms with Crippen LogP contribution in [0.2, 0.25) is 0 Å². The molecule has 0 bridgehead atoms. The maximum atomic E-state index is 12.2. The number of aromatic nitrogens is 2. The summed E-state index contributed by atoms with van der Waals surface area (Å²) in [5, 5.41) is 9.40. The van der Waals surface area contributed by atoms with Gasteiger partial charge in [0.15, 0.2) is 5.88 Å². The Balaban J connectivity index is 1.42. The highest BCUT2D eigenvalue weighted by Gasteiger charge is 2.12. The molecule has 0 atom stereocenters. The number of carbonyl (C=O) groups excluding carboxylic acids is 2. The predicted molar refractivity (Wildman–Crippen MR) is 118 cm³/mol. The van der Waals surface area contributed by atoms with E-state index in [9.17, 15) is 24.3 Å². The number of H-pyrrole nitrogens is 2. The van der Waals surface area contributed by atoms with E-state index in [4.69, 9.17) is 9.47 Å². The minimum absolute atomic E-state index is 0.0782. The molecule has 0 aliphatic carbocycles. The van der Waals surface area contributed by atoms with Crippen LogP contribution in [0.4, 0.5) is 0 Å². The second-order valence-corrected chi connectivity index (χ2v) is 6.89. The lowest BCUT2D eigenvalue weighted by molar-refractivity contribution is 0.0724. The molecule has 0 aliphatic rings. The first-order chi connectivity index (χ1) is 15.9. The fourth-order valence-corrected chi connectivity index (χ4v) is 2.98. The lowest BCUT2D eigenvalue weighted by Crippen LogP contribution is -2.13. The third kappa shape index (κ3) is 5.23.